The second-order valence-electron chi connectivity index (χ2n) is 5.49. The summed E-state index contributed by atoms with van der Waals surface area (Å²) in [7, 11) is 0. The Morgan fingerprint density at radius 1 is 1.33 bits per heavy atom. The molecule has 2 atom stereocenters. The van der Waals surface area contributed by atoms with Gasteiger partial charge in [-0.2, -0.15) is 4.80 Å². The summed E-state index contributed by atoms with van der Waals surface area (Å²) in [5, 5.41) is 17.2. The molecule has 1 unspecified atom stereocenters. The minimum absolute atomic E-state index is 0.178. The van der Waals surface area contributed by atoms with Gasteiger partial charge in [0.2, 0.25) is 0 Å². The Morgan fingerprint density at radius 3 is 3.05 bits per heavy atom. The van der Waals surface area contributed by atoms with Gasteiger partial charge in [-0.15, -0.1) is 21.5 Å². The van der Waals surface area contributed by atoms with Crippen LogP contribution in [0.2, 0.25) is 0 Å². The van der Waals surface area contributed by atoms with Gasteiger partial charge in [0.25, 0.3) is 0 Å². The van der Waals surface area contributed by atoms with Gasteiger partial charge in [-0.25, -0.2) is 0 Å². The number of rotatable bonds is 3. The summed E-state index contributed by atoms with van der Waals surface area (Å²) < 4.78 is 1.32. The first kappa shape index (κ1) is 12.9. The van der Waals surface area contributed by atoms with Gasteiger partial charge in [-0.05, 0) is 42.1 Å². The lowest BCUT2D eigenvalue weighted by molar-refractivity contribution is 0.264. The lowest BCUT2D eigenvalue weighted by Gasteiger charge is -2.29. The summed E-state index contributed by atoms with van der Waals surface area (Å²) in [6.45, 7) is 2.13. The van der Waals surface area contributed by atoms with E-state index in [-0.39, 0.29) is 6.04 Å². The maximum absolute atomic E-state index is 4.31. The monoisotopic (exact) mass is 299 g/mol. The van der Waals surface area contributed by atoms with E-state index in [1.54, 1.807) is 4.80 Å². The number of aromatic nitrogens is 4. The van der Waals surface area contributed by atoms with Crippen LogP contribution >= 0.6 is 11.3 Å². The van der Waals surface area contributed by atoms with Gasteiger partial charge < -0.3 is 5.32 Å². The minimum Gasteiger partial charge on any atom is -0.316 e. The molecule has 0 amide bonds. The summed E-state index contributed by atoms with van der Waals surface area (Å²) >= 11 is 1.84. The van der Waals surface area contributed by atoms with E-state index >= 15 is 0 Å². The van der Waals surface area contributed by atoms with Gasteiger partial charge in [0.05, 0.1) is 0 Å². The quantitative estimate of drug-likeness (QED) is 0.807. The Hall–Kier alpha value is -1.79. The van der Waals surface area contributed by atoms with Crippen LogP contribution in [0.15, 0.2) is 36.7 Å². The average molecular weight is 299 g/mol. The molecule has 108 valence electrons. The van der Waals surface area contributed by atoms with Crippen molar-refractivity contribution in [1.82, 2.24) is 25.5 Å². The molecule has 21 heavy (non-hydrogen) atoms. The van der Waals surface area contributed by atoms with E-state index in [1.807, 2.05) is 11.3 Å². The van der Waals surface area contributed by atoms with Crippen LogP contribution in [0.4, 0.5) is 0 Å². The zero-order chi connectivity index (χ0) is 14.1. The standard InChI is InChI=1S/C15H17N5S/c1-2-6-13-11(4-1)8-14(21-13)15(20-18-10-17-19-20)12-5-3-7-16-9-12/h1-2,4,6,8,10,12,15-16H,3,5,7,9H2/t12-,15?/m0/s1. The molecular formula is C15H17N5S. The Balaban J connectivity index is 1.77. The highest BCUT2D eigenvalue weighted by Gasteiger charge is 2.29. The highest BCUT2D eigenvalue weighted by atomic mass is 32.1. The van der Waals surface area contributed by atoms with E-state index in [4.69, 9.17) is 0 Å². The second kappa shape index (κ2) is 5.54. The molecule has 1 saturated heterocycles. The van der Waals surface area contributed by atoms with Crippen molar-refractivity contribution >= 4 is 21.4 Å². The molecule has 3 heterocycles. The van der Waals surface area contributed by atoms with Crippen molar-refractivity contribution in [3.05, 3.63) is 41.5 Å². The van der Waals surface area contributed by atoms with Gasteiger partial charge in [0.1, 0.15) is 6.04 Å². The summed E-state index contributed by atoms with van der Waals surface area (Å²) in [6, 6.07) is 11.0. The van der Waals surface area contributed by atoms with Crippen LogP contribution < -0.4 is 5.32 Å². The van der Waals surface area contributed by atoms with E-state index in [0.717, 1.165) is 13.1 Å². The van der Waals surface area contributed by atoms with Crippen LogP contribution in [-0.2, 0) is 0 Å². The van der Waals surface area contributed by atoms with Crippen molar-refractivity contribution in [2.45, 2.75) is 18.9 Å². The zero-order valence-corrected chi connectivity index (χ0v) is 12.5. The largest absolute Gasteiger partial charge is 0.316 e. The molecule has 0 aliphatic carbocycles. The lowest BCUT2D eigenvalue weighted by atomic mass is 9.91. The van der Waals surface area contributed by atoms with Crippen molar-refractivity contribution in [1.29, 1.82) is 0 Å². The lowest BCUT2D eigenvalue weighted by Crippen LogP contribution is -2.36. The van der Waals surface area contributed by atoms with Gasteiger partial charge in [-0.3, -0.25) is 0 Å². The molecule has 1 N–H and O–H groups in total. The number of fused-ring (bicyclic) bond motifs is 1. The molecular weight excluding hydrogens is 282 g/mol. The van der Waals surface area contributed by atoms with Crippen molar-refractivity contribution in [3.63, 3.8) is 0 Å². The van der Waals surface area contributed by atoms with Crippen LogP contribution in [0.1, 0.15) is 23.8 Å². The van der Waals surface area contributed by atoms with E-state index in [1.165, 1.54) is 34.1 Å². The Morgan fingerprint density at radius 2 is 2.29 bits per heavy atom. The third-order valence-corrected chi connectivity index (χ3v) is 5.32. The number of hydrogen-bond acceptors (Lipinski definition) is 5. The first-order valence-corrected chi connectivity index (χ1v) is 8.15. The predicted molar refractivity (Wildman–Crippen MR) is 83.4 cm³/mol. The fourth-order valence-electron chi connectivity index (χ4n) is 3.13. The van der Waals surface area contributed by atoms with E-state index in [9.17, 15) is 0 Å². The topological polar surface area (TPSA) is 55.6 Å². The van der Waals surface area contributed by atoms with E-state index in [2.05, 4.69) is 51.1 Å². The highest BCUT2D eigenvalue weighted by Crippen LogP contribution is 2.37. The normalized spacial score (nSPS) is 20.7. The van der Waals surface area contributed by atoms with Gasteiger partial charge in [0, 0.05) is 22.0 Å². The number of piperidine rings is 1. The number of nitrogens with zero attached hydrogens (tertiary/aromatic N) is 4. The molecule has 1 aromatic carbocycles. The van der Waals surface area contributed by atoms with Crippen molar-refractivity contribution in [2.24, 2.45) is 5.92 Å². The number of hydrogen-bond donors (Lipinski definition) is 1. The van der Waals surface area contributed by atoms with Crippen molar-refractivity contribution in [3.8, 4) is 0 Å². The summed E-state index contributed by atoms with van der Waals surface area (Å²) in [6.07, 6.45) is 3.94. The summed E-state index contributed by atoms with van der Waals surface area (Å²) in [4.78, 5) is 3.10. The molecule has 4 rings (SSSR count). The number of tetrazole rings is 1. The van der Waals surface area contributed by atoms with Gasteiger partial charge >= 0.3 is 0 Å². The molecule has 3 aromatic rings. The molecule has 0 spiro atoms. The summed E-state index contributed by atoms with van der Waals surface area (Å²) in [5.74, 6) is 0.515. The van der Waals surface area contributed by atoms with E-state index < -0.39 is 0 Å². The Labute approximate surface area is 127 Å². The zero-order valence-electron chi connectivity index (χ0n) is 11.6. The van der Waals surface area contributed by atoms with Crippen LogP contribution in [0.5, 0.6) is 0 Å². The molecule has 1 aliphatic rings. The smallest absolute Gasteiger partial charge is 0.162 e. The number of nitrogens with one attached hydrogen (secondary N) is 1. The SMILES string of the molecule is c1ccc2sc(C([C@H]3CCCNC3)n3ncnn3)cc2c1. The first-order valence-electron chi connectivity index (χ1n) is 7.33. The molecule has 1 aliphatic heterocycles. The molecule has 1 fully saturated rings. The molecule has 2 aromatic heterocycles. The number of thiophene rings is 1. The van der Waals surface area contributed by atoms with Crippen LogP contribution in [0.25, 0.3) is 10.1 Å². The van der Waals surface area contributed by atoms with Crippen molar-refractivity contribution in [2.75, 3.05) is 13.1 Å². The van der Waals surface area contributed by atoms with Crippen molar-refractivity contribution < 1.29 is 0 Å². The first-order chi connectivity index (χ1) is 10.4. The average Bonchev–Trinajstić information content (AvgIpc) is 3.18. The molecule has 6 heteroatoms. The number of benzene rings is 1. The van der Waals surface area contributed by atoms with E-state index in [0.29, 0.717) is 5.92 Å². The van der Waals surface area contributed by atoms with Crippen LogP contribution in [0, 0.1) is 5.92 Å². The van der Waals surface area contributed by atoms with Gasteiger partial charge in [0.15, 0.2) is 6.33 Å². The molecule has 0 radical (unpaired) electrons. The fourth-order valence-corrected chi connectivity index (χ4v) is 4.37. The molecule has 0 bridgehead atoms. The maximum Gasteiger partial charge on any atom is 0.162 e. The predicted octanol–water partition coefficient (Wildman–Crippen LogP) is 2.48. The highest BCUT2D eigenvalue weighted by molar-refractivity contribution is 7.19. The maximum atomic E-state index is 4.31. The molecule has 5 nitrogen and oxygen atoms in total. The van der Waals surface area contributed by atoms with Crippen LogP contribution in [0.3, 0.4) is 0 Å². The molecule has 0 saturated carbocycles. The van der Waals surface area contributed by atoms with Gasteiger partial charge in [-0.1, -0.05) is 18.2 Å². The summed E-state index contributed by atoms with van der Waals surface area (Å²) in [5.41, 5.74) is 0. The Kier molecular flexibility index (Phi) is 3.40. The Bertz CT molecular complexity index is 682. The fraction of sp³-hybridized carbons (Fsp3) is 0.400. The third-order valence-electron chi connectivity index (χ3n) is 4.13. The third kappa shape index (κ3) is 2.45. The minimum atomic E-state index is 0.178. The second-order valence-corrected chi connectivity index (χ2v) is 6.61. The van der Waals surface area contributed by atoms with Crippen LogP contribution in [-0.4, -0.2) is 33.3 Å².